The number of hydrogen-bond acceptors (Lipinski definition) is 5. The highest BCUT2D eigenvalue weighted by molar-refractivity contribution is 6.34. The van der Waals surface area contributed by atoms with Crippen LogP contribution in [0.3, 0.4) is 0 Å². The predicted molar refractivity (Wildman–Crippen MR) is 85.5 cm³/mol. The van der Waals surface area contributed by atoms with E-state index in [0.29, 0.717) is 19.6 Å². The molecular weight excluding hydrogens is 324 g/mol. The molecule has 1 rings (SSSR count). The number of benzene rings is 1. The van der Waals surface area contributed by atoms with Gasteiger partial charge >= 0.3 is 5.97 Å². The molecule has 0 spiro atoms. The van der Waals surface area contributed by atoms with Gasteiger partial charge in [0.05, 0.1) is 23.4 Å². The van der Waals surface area contributed by atoms with Crippen molar-refractivity contribution in [3.8, 4) is 0 Å². The van der Waals surface area contributed by atoms with Crippen molar-refractivity contribution in [1.29, 1.82) is 0 Å². The van der Waals surface area contributed by atoms with E-state index in [4.69, 9.17) is 16.3 Å². The standard InChI is InChI=1S/C15H19ClN2O5/c1-22-7-3-6-17-13(19)9-14(20)18-12-8-10(15(21)23-2)4-5-11(12)16/h4-5,8H,3,6-7,9H2,1-2H3,(H,17,19)(H,18,20). The van der Waals surface area contributed by atoms with Crippen molar-refractivity contribution in [3.05, 3.63) is 28.8 Å². The summed E-state index contributed by atoms with van der Waals surface area (Å²) in [6, 6.07) is 4.34. The first kappa shape index (κ1) is 18.9. The van der Waals surface area contributed by atoms with E-state index in [0.717, 1.165) is 0 Å². The van der Waals surface area contributed by atoms with Crippen molar-refractivity contribution in [3.63, 3.8) is 0 Å². The van der Waals surface area contributed by atoms with Gasteiger partial charge in [-0.15, -0.1) is 0 Å². The maximum Gasteiger partial charge on any atom is 0.337 e. The van der Waals surface area contributed by atoms with Crippen LogP contribution in [0.4, 0.5) is 5.69 Å². The normalized spacial score (nSPS) is 10.0. The van der Waals surface area contributed by atoms with E-state index in [1.54, 1.807) is 7.11 Å². The summed E-state index contributed by atoms with van der Waals surface area (Å²) in [5.74, 6) is -1.48. The third-order valence-corrected chi connectivity index (χ3v) is 3.16. The zero-order valence-electron chi connectivity index (χ0n) is 13.0. The van der Waals surface area contributed by atoms with Crippen LogP contribution in [0.2, 0.25) is 5.02 Å². The molecule has 0 unspecified atom stereocenters. The van der Waals surface area contributed by atoms with E-state index in [1.165, 1.54) is 25.3 Å². The molecule has 2 amide bonds. The molecule has 126 valence electrons. The summed E-state index contributed by atoms with van der Waals surface area (Å²) in [7, 11) is 2.82. The SMILES string of the molecule is COCCCNC(=O)CC(=O)Nc1cc(C(=O)OC)ccc1Cl. The van der Waals surface area contributed by atoms with Crippen molar-refractivity contribution in [2.24, 2.45) is 0 Å². The average molecular weight is 343 g/mol. The van der Waals surface area contributed by atoms with Gasteiger partial charge in [0.25, 0.3) is 0 Å². The van der Waals surface area contributed by atoms with Crippen LogP contribution in [0.25, 0.3) is 0 Å². The maximum absolute atomic E-state index is 11.8. The lowest BCUT2D eigenvalue weighted by Crippen LogP contribution is -2.29. The van der Waals surface area contributed by atoms with E-state index in [9.17, 15) is 14.4 Å². The van der Waals surface area contributed by atoms with Crippen molar-refractivity contribution in [2.75, 3.05) is 32.7 Å². The Labute approximate surface area is 139 Å². The topological polar surface area (TPSA) is 93.7 Å². The second-order valence-corrected chi connectivity index (χ2v) is 5.01. The molecular formula is C15H19ClN2O5. The number of methoxy groups -OCH3 is 2. The number of rotatable bonds is 8. The minimum Gasteiger partial charge on any atom is -0.465 e. The highest BCUT2D eigenvalue weighted by atomic mass is 35.5. The van der Waals surface area contributed by atoms with Crippen LogP contribution in [0.15, 0.2) is 18.2 Å². The molecule has 0 heterocycles. The summed E-state index contributed by atoms with van der Waals surface area (Å²) < 4.78 is 9.45. The number of carbonyl (C=O) groups excluding carboxylic acids is 3. The lowest BCUT2D eigenvalue weighted by molar-refractivity contribution is -0.126. The quantitative estimate of drug-likeness (QED) is 0.425. The number of hydrogen-bond donors (Lipinski definition) is 2. The lowest BCUT2D eigenvalue weighted by atomic mass is 10.2. The Morgan fingerprint density at radius 3 is 2.57 bits per heavy atom. The zero-order chi connectivity index (χ0) is 17.2. The smallest absolute Gasteiger partial charge is 0.337 e. The number of nitrogens with one attached hydrogen (secondary N) is 2. The predicted octanol–water partition coefficient (Wildman–Crippen LogP) is 1.61. The van der Waals surface area contributed by atoms with Crippen LogP contribution in [0.5, 0.6) is 0 Å². The minimum atomic E-state index is -0.548. The zero-order valence-corrected chi connectivity index (χ0v) is 13.7. The molecule has 0 aliphatic rings. The molecule has 0 radical (unpaired) electrons. The first-order valence-corrected chi connectivity index (χ1v) is 7.29. The van der Waals surface area contributed by atoms with Gasteiger partial charge in [0.2, 0.25) is 11.8 Å². The summed E-state index contributed by atoms with van der Waals surface area (Å²) in [5.41, 5.74) is 0.489. The van der Waals surface area contributed by atoms with Gasteiger partial charge in [0, 0.05) is 20.3 Å². The molecule has 0 saturated heterocycles. The van der Waals surface area contributed by atoms with E-state index >= 15 is 0 Å². The first-order chi connectivity index (χ1) is 11.0. The number of amides is 2. The fourth-order valence-corrected chi connectivity index (χ4v) is 1.88. The molecule has 23 heavy (non-hydrogen) atoms. The van der Waals surface area contributed by atoms with E-state index < -0.39 is 17.8 Å². The highest BCUT2D eigenvalue weighted by Gasteiger charge is 2.13. The molecule has 0 fully saturated rings. The molecule has 0 aromatic heterocycles. The molecule has 0 bridgehead atoms. The number of halogens is 1. The van der Waals surface area contributed by atoms with Gasteiger partial charge in [-0.25, -0.2) is 4.79 Å². The first-order valence-electron chi connectivity index (χ1n) is 6.91. The van der Waals surface area contributed by atoms with E-state index in [1.807, 2.05) is 0 Å². The number of carbonyl (C=O) groups is 3. The van der Waals surface area contributed by atoms with Gasteiger partial charge in [0.1, 0.15) is 6.42 Å². The minimum absolute atomic E-state index is 0.242. The van der Waals surface area contributed by atoms with Gasteiger partial charge in [0.15, 0.2) is 0 Å². The molecule has 1 aromatic carbocycles. The third-order valence-electron chi connectivity index (χ3n) is 2.83. The van der Waals surface area contributed by atoms with Crippen molar-refractivity contribution in [2.45, 2.75) is 12.8 Å². The average Bonchev–Trinajstić information content (AvgIpc) is 2.52. The second kappa shape index (κ2) is 9.81. The van der Waals surface area contributed by atoms with Gasteiger partial charge in [-0.05, 0) is 24.6 Å². The molecule has 0 atom stereocenters. The summed E-state index contributed by atoms with van der Waals surface area (Å²) in [6.07, 6.45) is 0.322. The van der Waals surface area contributed by atoms with Gasteiger partial charge < -0.3 is 20.1 Å². The molecule has 8 heteroatoms. The Hall–Kier alpha value is -2.12. The van der Waals surface area contributed by atoms with Crippen molar-refractivity contribution in [1.82, 2.24) is 5.32 Å². The summed E-state index contributed by atoms with van der Waals surface area (Å²) >= 11 is 5.96. The fraction of sp³-hybridized carbons (Fsp3) is 0.400. The summed E-state index contributed by atoms with van der Waals surface area (Å²) in [6.45, 7) is 0.959. The van der Waals surface area contributed by atoms with Gasteiger partial charge in [-0.1, -0.05) is 11.6 Å². The fourth-order valence-electron chi connectivity index (χ4n) is 1.71. The largest absolute Gasteiger partial charge is 0.465 e. The highest BCUT2D eigenvalue weighted by Crippen LogP contribution is 2.23. The number of anilines is 1. The molecule has 7 nitrogen and oxygen atoms in total. The van der Waals surface area contributed by atoms with E-state index in [-0.39, 0.29) is 22.7 Å². The van der Waals surface area contributed by atoms with Crippen LogP contribution in [0.1, 0.15) is 23.2 Å². The molecule has 0 saturated carbocycles. The maximum atomic E-state index is 11.8. The van der Waals surface area contributed by atoms with Crippen molar-refractivity contribution < 1.29 is 23.9 Å². The van der Waals surface area contributed by atoms with Crippen LogP contribution < -0.4 is 10.6 Å². The Balaban J connectivity index is 2.56. The molecule has 0 aliphatic carbocycles. The van der Waals surface area contributed by atoms with Crippen LogP contribution in [-0.4, -0.2) is 45.2 Å². The molecule has 2 N–H and O–H groups in total. The third kappa shape index (κ3) is 6.66. The monoisotopic (exact) mass is 342 g/mol. The Morgan fingerprint density at radius 1 is 1.17 bits per heavy atom. The van der Waals surface area contributed by atoms with Gasteiger partial charge in [-0.3, -0.25) is 9.59 Å². The van der Waals surface area contributed by atoms with Crippen molar-refractivity contribution >= 4 is 35.1 Å². The molecule has 0 aliphatic heterocycles. The summed E-state index contributed by atoms with van der Waals surface area (Å²) in [4.78, 5) is 34.9. The Kier molecular flexibility index (Phi) is 8.07. The second-order valence-electron chi connectivity index (χ2n) is 4.61. The lowest BCUT2D eigenvalue weighted by Gasteiger charge is -2.09. The number of esters is 1. The summed E-state index contributed by atoms with van der Waals surface area (Å²) in [5, 5.41) is 5.35. The van der Waals surface area contributed by atoms with Crippen LogP contribution in [0, 0.1) is 0 Å². The Morgan fingerprint density at radius 2 is 1.91 bits per heavy atom. The van der Waals surface area contributed by atoms with Crippen LogP contribution >= 0.6 is 11.6 Å². The number of ether oxygens (including phenoxy) is 2. The molecule has 1 aromatic rings. The van der Waals surface area contributed by atoms with E-state index in [2.05, 4.69) is 15.4 Å². The Bertz CT molecular complexity index is 577. The van der Waals surface area contributed by atoms with Crippen LogP contribution in [-0.2, 0) is 19.1 Å². The van der Waals surface area contributed by atoms with Gasteiger partial charge in [-0.2, -0.15) is 0 Å².